The Morgan fingerprint density at radius 3 is 2.85 bits per heavy atom. The summed E-state index contributed by atoms with van der Waals surface area (Å²) in [5.74, 6) is -0.440. The summed E-state index contributed by atoms with van der Waals surface area (Å²) in [7, 11) is -3.02. The number of aromatic nitrogens is 1. The molecule has 1 saturated heterocycles. The maximum absolute atomic E-state index is 14.0. The summed E-state index contributed by atoms with van der Waals surface area (Å²) < 4.78 is 56.4. The highest BCUT2D eigenvalue weighted by Crippen LogP contribution is 2.27. The molecule has 0 unspecified atom stereocenters. The molecule has 26 heavy (non-hydrogen) atoms. The molecular formula is C18H20F2N2O3S. The van der Waals surface area contributed by atoms with Crippen molar-refractivity contribution in [2.24, 2.45) is 0 Å². The van der Waals surface area contributed by atoms with E-state index in [0.29, 0.717) is 31.0 Å². The van der Waals surface area contributed by atoms with Crippen molar-refractivity contribution in [3.63, 3.8) is 0 Å². The van der Waals surface area contributed by atoms with Gasteiger partial charge in [0.15, 0.2) is 9.84 Å². The molecule has 0 radical (unpaired) electrons. The lowest BCUT2D eigenvalue weighted by Gasteiger charge is -2.25. The van der Waals surface area contributed by atoms with E-state index in [9.17, 15) is 17.2 Å². The summed E-state index contributed by atoms with van der Waals surface area (Å²) in [5.41, 5.74) is 0.521. The highest BCUT2D eigenvalue weighted by Gasteiger charge is 2.32. The summed E-state index contributed by atoms with van der Waals surface area (Å²) >= 11 is 0. The Hall–Kier alpha value is -2.06. The first-order chi connectivity index (χ1) is 12.3. The lowest BCUT2D eigenvalue weighted by atomic mass is 10.2. The van der Waals surface area contributed by atoms with Gasteiger partial charge in [0.2, 0.25) is 5.89 Å². The topological polar surface area (TPSA) is 63.4 Å². The fourth-order valence-electron chi connectivity index (χ4n) is 3.12. The number of rotatable bonds is 6. The minimum Gasteiger partial charge on any atom is -0.441 e. The van der Waals surface area contributed by atoms with Crippen LogP contribution in [-0.2, 0) is 16.4 Å². The number of benzene rings is 1. The van der Waals surface area contributed by atoms with Crippen LogP contribution in [0.2, 0.25) is 0 Å². The largest absolute Gasteiger partial charge is 0.441 e. The van der Waals surface area contributed by atoms with E-state index in [0.717, 1.165) is 18.2 Å². The molecule has 8 heteroatoms. The van der Waals surface area contributed by atoms with E-state index >= 15 is 0 Å². The van der Waals surface area contributed by atoms with E-state index in [-0.39, 0.29) is 29.0 Å². The van der Waals surface area contributed by atoms with Crippen molar-refractivity contribution in [1.82, 2.24) is 9.88 Å². The van der Waals surface area contributed by atoms with Crippen LogP contribution in [0.3, 0.4) is 0 Å². The number of hydrogen-bond acceptors (Lipinski definition) is 5. The van der Waals surface area contributed by atoms with Gasteiger partial charge in [-0.2, -0.15) is 0 Å². The maximum Gasteiger partial charge on any atom is 0.229 e. The quantitative estimate of drug-likeness (QED) is 0.719. The van der Waals surface area contributed by atoms with Crippen LogP contribution in [0.5, 0.6) is 0 Å². The third kappa shape index (κ3) is 4.02. The summed E-state index contributed by atoms with van der Waals surface area (Å²) in [6.07, 6.45) is 2.26. The van der Waals surface area contributed by atoms with Gasteiger partial charge in [-0.3, -0.25) is 4.90 Å². The second kappa shape index (κ2) is 7.28. The third-order valence-electron chi connectivity index (χ3n) is 4.49. The highest BCUT2D eigenvalue weighted by atomic mass is 32.2. The Bertz CT molecular complexity index is 925. The first-order valence-corrected chi connectivity index (χ1v) is 10.1. The number of halogens is 2. The molecule has 0 amide bonds. The van der Waals surface area contributed by atoms with Crippen LogP contribution >= 0.6 is 0 Å². The fraction of sp³-hybridized carbons (Fsp3) is 0.389. The molecule has 2 heterocycles. The Morgan fingerprint density at radius 1 is 1.42 bits per heavy atom. The molecule has 1 aromatic heterocycles. The van der Waals surface area contributed by atoms with Gasteiger partial charge in [0, 0.05) is 19.1 Å². The summed E-state index contributed by atoms with van der Waals surface area (Å²) in [6.45, 7) is 6.26. The molecule has 2 aromatic rings. The van der Waals surface area contributed by atoms with E-state index in [1.807, 2.05) is 4.90 Å². The van der Waals surface area contributed by atoms with Crippen LogP contribution in [0.1, 0.15) is 17.9 Å². The monoisotopic (exact) mass is 382 g/mol. The first kappa shape index (κ1) is 18.7. The molecule has 0 spiro atoms. The van der Waals surface area contributed by atoms with E-state index < -0.39 is 21.5 Å². The normalized spacial score (nSPS) is 19.2. The van der Waals surface area contributed by atoms with Crippen molar-refractivity contribution in [2.75, 3.05) is 18.1 Å². The molecule has 0 saturated carbocycles. The van der Waals surface area contributed by atoms with Crippen LogP contribution in [0.15, 0.2) is 35.3 Å². The van der Waals surface area contributed by atoms with Crippen LogP contribution in [-0.4, -0.2) is 42.4 Å². The zero-order valence-corrected chi connectivity index (χ0v) is 15.2. The van der Waals surface area contributed by atoms with E-state index in [1.165, 1.54) is 0 Å². The average molecular weight is 382 g/mol. The number of oxazole rings is 1. The Kier molecular flexibility index (Phi) is 5.24. The summed E-state index contributed by atoms with van der Waals surface area (Å²) in [4.78, 5) is 6.28. The molecule has 0 bridgehead atoms. The van der Waals surface area contributed by atoms with Gasteiger partial charge < -0.3 is 4.42 Å². The fourth-order valence-corrected chi connectivity index (χ4v) is 4.88. The molecule has 5 nitrogen and oxygen atoms in total. The zero-order chi connectivity index (χ0) is 18.9. The standard InChI is InChI=1S/C18H20F2N2O3S/c1-3-7-22(14-6-8-26(23,24)11-14)10-17-12(2)25-18(21-17)15-9-13(19)4-5-16(15)20/h3-5,9,14H,1,6-8,10-11H2,2H3/t14-/m0/s1. The Labute approximate surface area is 151 Å². The van der Waals surface area contributed by atoms with Crippen LogP contribution < -0.4 is 0 Å². The smallest absolute Gasteiger partial charge is 0.229 e. The van der Waals surface area contributed by atoms with Crippen LogP contribution in [0, 0.1) is 18.6 Å². The second-order valence-electron chi connectivity index (χ2n) is 6.42. The average Bonchev–Trinajstić information content (AvgIpc) is 3.12. The molecule has 1 aliphatic rings. The highest BCUT2D eigenvalue weighted by molar-refractivity contribution is 7.91. The lowest BCUT2D eigenvalue weighted by Crippen LogP contribution is -2.36. The van der Waals surface area contributed by atoms with Gasteiger partial charge >= 0.3 is 0 Å². The number of sulfone groups is 1. The predicted octanol–water partition coefficient (Wildman–Crippen LogP) is 3.10. The van der Waals surface area contributed by atoms with Crippen molar-refractivity contribution >= 4 is 9.84 Å². The zero-order valence-electron chi connectivity index (χ0n) is 14.4. The van der Waals surface area contributed by atoms with E-state index in [1.54, 1.807) is 13.0 Å². The lowest BCUT2D eigenvalue weighted by molar-refractivity contribution is 0.223. The molecule has 0 N–H and O–H groups in total. The van der Waals surface area contributed by atoms with Crippen molar-refractivity contribution in [2.45, 2.75) is 25.9 Å². The van der Waals surface area contributed by atoms with Gasteiger partial charge in [-0.15, -0.1) is 6.58 Å². The third-order valence-corrected chi connectivity index (χ3v) is 6.24. The predicted molar refractivity (Wildman–Crippen MR) is 94.3 cm³/mol. The van der Waals surface area contributed by atoms with E-state index in [4.69, 9.17) is 4.42 Å². The SMILES string of the molecule is C=CCN(Cc1nc(-c2cc(F)ccc2F)oc1C)[C@H]1CCS(=O)(=O)C1. The van der Waals surface area contributed by atoms with Crippen molar-refractivity contribution in [3.05, 3.63) is 53.9 Å². The summed E-state index contributed by atoms with van der Waals surface area (Å²) in [6, 6.07) is 2.97. The van der Waals surface area contributed by atoms with Crippen molar-refractivity contribution < 1.29 is 21.6 Å². The summed E-state index contributed by atoms with van der Waals surface area (Å²) in [5, 5.41) is 0. The van der Waals surface area contributed by atoms with Crippen LogP contribution in [0.25, 0.3) is 11.5 Å². The molecular weight excluding hydrogens is 362 g/mol. The number of nitrogens with zero attached hydrogens (tertiary/aromatic N) is 2. The Morgan fingerprint density at radius 2 is 2.19 bits per heavy atom. The number of hydrogen-bond donors (Lipinski definition) is 0. The maximum atomic E-state index is 14.0. The van der Waals surface area contributed by atoms with Gasteiger partial charge in [0.05, 0.1) is 22.8 Å². The van der Waals surface area contributed by atoms with Crippen LogP contribution in [0.4, 0.5) is 8.78 Å². The first-order valence-electron chi connectivity index (χ1n) is 8.26. The van der Waals surface area contributed by atoms with Crippen molar-refractivity contribution in [1.29, 1.82) is 0 Å². The molecule has 1 fully saturated rings. The van der Waals surface area contributed by atoms with Gasteiger partial charge in [-0.25, -0.2) is 22.2 Å². The van der Waals surface area contributed by atoms with E-state index in [2.05, 4.69) is 11.6 Å². The minimum atomic E-state index is -3.02. The second-order valence-corrected chi connectivity index (χ2v) is 8.65. The van der Waals surface area contributed by atoms with Crippen molar-refractivity contribution in [3.8, 4) is 11.5 Å². The molecule has 1 aliphatic heterocycles. The molecule has 1 aromatic carbocycles. The van der Waals surface area contributed by atoms with Gasteiger partial charge in [-0.05, 0) is 31.5 Å². The molecule has 0 aliphatic carbocycles. The molecule has 140 valence electrons. The van der Waals surface area contributed by atoms with Gasteiger partial charge in [0.25, 0.3) is 0 Å². The number of aryl methyl sites for hydroxylation is 1. The molecule has 1 atom stereocenters. The Balaban J connectivity index is 1.86. The van der Waals surface area contributed by atoms with Gasteiger partial charge in [0.1, 0.15) is 17.4 Å². The minimum absolute atomic E-state index is 0.00657. The van der Waals surface area contributed by atoms with Gasteiger partial charge in [-0.1, -0.05) is 6.08 Å². The molecule has 3 rings (SSSR count).